The molecule has 0 amide bonds. The molecule has 0 aliphatic heterocycles. The Balaban J connectivity index is 1.44. The highest BCUT2D eigenvalue weighted by molar-refractivity contribution is 7.26. The topological polar surface area (TPSA) is 26.2 Å². The minimum absolute atomic E-state index is 0.154. The average molecular weight is 447 g/mol. The molecule has 2 aromatic rings. The monoisotopic (exact) mass is 446 g/mol. The van der Waals surface area contributed by atoms with Crippen LogP contribution < -0.4 is 9.13 Å². The van der Waals surface area contributed by atoms with E-state index in [2.05, 4.69) is 72.0 Å². The molecule has 0 spiro atoms. The predicted molar refractivity (Wildman–Crippen MR) is 129 cm³/mol. The third kappa shape index (κ3) is 12.3. The van der Waals surface area contributed by atoms with Crippen molar-refractivity contribution in [2.45, 2.75) is 91.1 Å². The summed E-state index contributed by atoms with van der Waals surface area (Å²) in [6.07, 6.45) is 20.7. The molecule has 31 heavy (non-hydrogen) atoms. The van der Waals surface area contributed by atoms with E-state index in [-0.39, 0.29) is 9.03 Å². The Kier molecular flexibility index (Phi) is 14.4. The lowest BCUT2D eigenvalue weighted by molar-refractivity contribution is -0.697. The zero-order chi connectivity index (χ0) is 22.0. The summed E-state index contributed by atoms with van der Waals surface area (Å²) < 4.78 is 15.9. The number of unbranched alkanes of at least 4 members (excludes halogenated alkanes) is 4. The third-order valence-electron chi connectivity index (χ3n) is 5.50. The second-order valence-electron chi connectivity index (χ2n) is 8.29. The Bertz CT molecular complexity index is 617. The van der Waals surface area contributed by atoms with Gasteiger partial charge in [0.15, 0.2) is 33.8 Å². The fourth-order valence-corrected chi connectivity index (χ4v) is 4.06. The summed E-state index contributed by atoms with van der Waals surface area (Å²) in [4.78, 5) is 0. The molecule has 4 nitrogen and oxygen atoms in total. The van der Waals surface area contributed by atoms with Crippen LogP contribution in [0.2, 0.25) is 0 Å². The van der Waals surface area contributed by atoms with Gasteiger partial charge in [-0.2, -0.15) is 0 Å². The van der Waals surface area contributed by atoms with E-state index in [1.165, 1.54) is 49.7 Å². The Hall–Kier alpha value is -1.35. The van der Waals surface area contributed by atoms with E-state index in [9.17, 15) is 0 Å². The number of aryl methyl sites for hydroxylation is 4. The first-order valence-electron chi connectivity index (χ1n) is 12.3. The van der Waals surface area contributed by atoms with Crippen LogP contribution in [0.15, 0.2) is 49.1 Å². The zero-order valence-electron chi connectivity index (χ0n) is 19.7. The highest BCUT2D eigenvalue weighted by atomic mass is 31.1. The lowest BCUT2D eigenvalue weighted by atomic mass is 10.1. The normalized spacial score (nSPS) is 11.2. The lowest BCUT2D eigenvalue weighted by Crippen LogP contribution is -2.32. The highest BCUT2D eigenvalue weighted by Crippen LogP contribution is 2.15. The van der Waals surface area contributed by atoms with E-state index < -0.39 is 0 Å². The molecule has 5 heteroatoms. The van der Waals surface area contributed by atoms with Gasteiger partial charge in [-0.1, -0.05) is 26.7 Å². The van der Waals surface area contributed by atoms with Crippen LogP contribution in [0.4, 0.5) is 0 Å². The molecule has 2 rings (SSSR count). The van der Waals surface area contributed by atoms with Crippen LogP contribution in [0, 0.1) is 0 Å². The Morgan fingerprint density at radius 2 is 1.03 bits per heavy atom. The van der Waals surface area contributed by atoms with Gasteiger partial charge in [-0.05, 0) is 49.7 Å². The van der Waals surface area contributed by atoms with Gasteiger partial charge in [0.2, 0.25) is 0 Å². The molecule has 0 atom stereocenters. The van der Waals surface area contributed by atoms with Gasteiger partial charge in [0, 0.05) is 37.1 Å². The Morgan fingerprint density at radius 3 is 1.42 bits per heavy atom. The molecule has 0 radical (unpaired) electrons. The standard InChI is InChI=1S/C26H43N2O2P/c1-3-5-7-17-27-19-13-25(14-20-27)11-9-23-29-31-30-24-10-12-26-15-21-28(22-16-26)18-8-6-4-2/h13-16,19-22,31H,3-12,17-18,23-24H2,1-2H3/q+2. The average Bonchev–Trinajstić information content (AvgIpc) is 2.80. The van der Waals surface area contributed by atoms with Crippen LogP contribution in [0.5, 0.6) is 0 Å². The van der Waals surface area contributed by atoms with Gasteiger partial charge < -0.3 is 9.05 Å². The van der Waals surface area contributed by atoms with E-state index in [0.717, 1.165) is 52.0 Å². The Morgan fingerprint density at radius 1 is 0.613 bits per heavy atom. The van der Waals surface area contributed by atoms with Crippen molar-refractivity contribution in [2.24, 2.45) is 0 Å². The molecule has 0 N–H and O–H groups in total. The summed E-state index contributed by atoms with van der Waals surface area (Å²) in [6.45, 7) is 8.27. The molecule has 0 saturated heterocycles. The van der Waals surface area contributed by atoms with Crippen molar-refractivity contribution in [3.63, 3.8) is 0 Å². The van der Waals surface area contributed by atoms with Crippen molar-refractivity contribution in [3.05, 3.63) is 60.2 Å². The molecular weight excluding hydrogens is 403 g/mol. The van der Waals surface area contributed by atoms with Gasteiger partial charge in [0.1, 0.15) is 13.1 Å². The van der Waals surface area contributed by atoms with Gasteiger partial charge >= 0.3 is 0 Å². The maximum atomic E-state index is 5.66. The largest absolute Gasteiger partial charge is 0.336 e. The van der Waals surface area contributed by atoms with Crippen molar-refractivity contribution in [2.75, 3.05) is 13.2 Å². The smallest absolute Gasteiger partial charge is 0.169 e. The lowest BCUT2D eigenvalue weighted by Gasteiger charge is -2.05. The van der Waals surface area contributed by atoms with Crippen LogP contribution in [0.3, 0.4) is 0 Å². The fraction of sp³-hybridized carbons (Fsp3) is 0.615. The fourth-order valence-electron chi connectivity index (χ4n) is 3.52. The van der Waals surface area contributed by atoms with Crippen LogP contribution in [0.1, 0.15) is 76.3 Å². The molecule has 2 heterocycles. The number of aromatic nitrogens is 2. The minimum Gasteiger partial charge on any atom is -0.336 e. The van der Waals surface area contributed by atoms with Gasteiger partial charge in [0.05, 0.1) is 13.2 Å². The van der Waals surface area contributed by atoms with Crippen LogP contribution in [-0.4, -0.2) is 13.2 Å². The number of hydrogen-bond acceptors (Lipinski definition) is 2. The second-order valence-corrected chi connectivity index (χ2v) is 9.03. The molecular formula is C26H43N2O2P+2. The van der Waals surface area contributed by atoms with E-state index >= 15 is 0 Å². The SMILES string of the molecule is CCCCC[n+]1ccc(CCCOPOCCCc2cc[n+](CCCCC)cc2)cc1. The van der Waals surface area contributed by atoms with E-state index in [4.69, 9.17) is 9.05 Å². The summed E-state index contributed by atoms with van der Waals surface area (Å²) in [7, 11) is 0.154. The molecule has 0 saturated carbocycles. The number of hydrogen-bond donors (Lipinski definition) is 0. The first-order chi connectivity index (χ1) is 15.3. The van der Waals surface area contributed by atoms with Gasteiger partial charge in [-0.15, -0.1) is 0 Å². The molecule has 172 valence electrons. The van der Waals surface area contributed by atoms with Crippen molar-refractivity contribution >= 4 is 9.03 Å². The van der Waals surface area contributed by atoms with Crippen molar-refractivity contribution in [3.8, 4) is 0 Å². The third-order valence-corrected chi connectivity index (χ3v) is 6.15. The number of nitrogens with zero attached hydrogens (tertiary/aromatic N) is 2. The van der Waals surface area contributed by atoms with Gasteiger partial charge in [0.25, 0.3) is 0 Å². The predicted octanol–water partition coefficient (Wildman–Crippen LogP) is 5.75. The molecule has 0 bridgehead atoms. The molecule has 2 aromatic heterocycles. The van der Waals surface area contributed by atoms with Crippen molar-refractivity contribution in [1.82, 2.24) is 0 Å². The first kappa shape index (κ1) is 25.9. The summed E-state index contributed by atoms with van der Waals surface area (Å²) >= 11 is 0. The van der Waals surface area contributed by atoms with Crippen molar-refractivity contribution < 1.29 is 18.2 Å². The van der Waals surface area contributed by atoms with Crippen LogP contribution in [-0.2, 0) is 35.0 Å². The van der Waals surface area contributed by atoms with Crippen LogP contribution >= 0.6 is 9.03 Å². The quantitative estimate of drug-likeness (QED) is 0.166. The summed E-state index contributed by atoms with van der Waals surface area (Å²) in [5.74, 6) is 0. The molecule has 0 aromatic carbocycles. The molecule has 0 aliphatic carbocycles. The van der Waals surface area contributed by atoms with Gasteiger partial charge in [-0.25, -0.2) is 9.13 Å². The summed E-state index contributed by atoms with van der Waals surface area (Å²) in [5.41, 5.74) is 2.77. The molecule has 0 aliphatic rings. The minimum atomic E-state index is 0.154. The molecule has 0 fully saturated rings. The van der Waals surface area contributed by atoms with Gasteiger partial charge in [-0.3, -0.25) is 0 Å². The maximum absolute atomic E-state index is 5.66. The van der Waals surface area contributed by atoms with Crippen molar-refractivity contribution in [1.29, 1.82) is 0 Å². The molecule has 0 unspecified atom stereocenters. The zero-order valence-corrected chi connectivity index (χ0v) is 20.7. The second kappa shape index (κ2) is 17.2. The number of rotatable bonds is 18. The Labute approximate surface area is 192 Å². The maximum Gasteiger partial charge on any atom is 0.169 e. The number of pyridine rings is 2. The summed E-state index contributed by atoms with van der Waals surface area (Å²) in [5, 5.41) is 0. The van der Waals surface area contributed by atoms with E-state index in [1.807, 2.05) is 0 Å². The van der Waals surface area contributed by atoms with Crippen LogP contribution in [0.25, 0.3) is 0 Å². The van der Waals surface area contributed by atoms with E-state index in [1.54, 1.807) is 0 Å². The first-order valence-corrected chi connectivity index (χ1v) is 13.1. The summed E-state index contributed by atoms with van der Waals surface area (Å²) in [6, 6.07) is 8.95. The highest BCUT2D eigenvalue weighted by Gasteiger charge is 2.02. The van der Waals surface area contributed by atoms with E-state index in [0.29, 0.717) is 0 Å².